The molecule has 7 heteroatoms. The van der Waals surface area contributed by atoms with Crippen LogP contribution in [0.3, 0.4) is 0 Å². The summed E-state index contributed by atoms with van der Waals surface area (Å²) in [6.45, 7) is 0. The van der Waals surface area contributed by atoms with Crippen LogP contribution in [0.1, 0.15) is 0 Å². The third kappa shape index (κ3) is 2.56. The molecule has 0 fully saturated rings. The van der Waals surface area contributed by atoms with Crippen LogP contribution in [0.15, 0.2) is 46.9 Å². The van der Waals surface area contributed by atoms with Crippen molar-refractivity contribution in [2.24, 2.45) is 0 Å². The zero-order valence-corrected chi connectivity index (χ0v) is 14.0. The van der Waals surface area contributed by atoms with Crippen molar-refractivity contribution < 1.29 is 4.92 Å². The molecule has 4 nitrogen and oxygen atoms in total. The van der Waals surface area contributed by atoms with Crippen molar-refractivity contribution in [1.29, 1.82) is 0 Å². The average molecular weight is 398 g/mol. The Morgan fingerprint density at radius 1 is 1.14 bits per heavy atom. The number of hydrogen-bond donors (Lipinski definition) is 0. The smallest absolute Gasteiger partial charge is 0.258 e. The molecule has 110 valence electrons. The van der Waals surface area contributed by atoms with Crippen molar-refractivity contribution >= 4 is 55.7 Å². The first-order valence-electron chi connectivity index (χ1n) is 6.17. The highest BCUT2D eigenvalue weighted by molar-refractivity contribution is 9.10. The van der Waals surface area contributed by atoms with E-state index in [4.69, 9.17) is 23.2 Å². The largest absolute Gasteiger partial charge is 0.314 e. The zero-order valence-electron chi connectivity index (χ0n) is 10.9. The van der Waals surface area contributed by atoms with Gasteiger partial charge in [0.25, 0.3) is 0 Å². The molecule has 0 spiro atoms. The fourth-order valence-electron chi connectivity index (χ4n) is 2.30. The lowest BCUT2D eigenvalue weighted by atomic mass is 9.99. The van der Waals surface area contributed by atoms with Gasteiger partial charge in [-0.1, -0.05) is 57.3 Å². The number of benzene rings is 2. The molecule has 0 aliphatic rings. The van der Waals surface area contributed by atoms with Crippen LogP contribution in [-0.2, 0) is 0 Å². The number of hydrogen-bond acceptors (Lipinski definition) is 3. The van der Waals surface area contributed by atoms with Gasteiger partial charge in [0.15, 0.2) is 0 Å². The number of pyridine rings is 1. The van der Waals surface area contributed by atoms with Gasteiger partial charge in [-0.15, -0.1) is 0 Å². The third-order valence-electron chi connectivity index (χ3n) is 3.20. The van der Waals surface area contributed by atoms with Crippen LogP contribution in [0.5, 0.6) is 0 Å². The summed E-state index contributed by atoms with van der Waals surface area (Å²) in [6.07, 6.45) is 0. The molecule has 3 aromatic rings. The van der Waals surface area contributed by atoms with Crippen LogP contribution < -0.4 is 0 Å². The number of aromatic nitrogens is 1. The summed E-state index contributed by atoms with van der Waals surface area (Å²) in [5.74, 6) is 0. The van der Waals surface area contributed by atoms with Gasteiger partial charge in [-0.3, -0.25) is 10.1 Å². The maximum atomic E-state index is 11.5. The van der Waals surface area contributed by atoms with Crippen molar-refractivity contribution in [2.45, 2.75) is 0 Å². The number of rotatable bonds is 2. The molecule has 0 aliphatic carbocycles. The van der Waals surface area contributed by atoms with Gasteiger partial charge in [0, 0.05) is 20.4 Å². The van der Waals surface area contributed by atoms with Crippen molar-refractivity contribution in [2.75, 3.05) is 0 Å². The minimum atomic E-state index is -0.533. The third-order valence-corrected chi connectivity index (χ3v) is 4.29. The van der Waals surface area contributed by atoms with Gasteiger partial charge in [0.2, 0.25) is 5.15 Å². The molecule has 0 unspecified atom stereocenters. The van der Waals surface area contributed by atoms with Gasteiger partial charge in [0.05, 0.1) is 16.0 Å². The second-order valence-electron chi connectivity index (χ2n) is 4.52. The molecule has 0 bridgehead atoms. The van der Waals surface area contributed by atoms with E-state index in [1.54, 1.807) is 42.5 Å². The van der Waals surface area contributed by atoms with E-state index >= 15 is 0 Å². The molecule has 1 aromatic heterocycles. The van der Waals surface area contributed by atoms with Crippen LogP contribution in [0, 0.1) is 10.1 Å². The Bertz CT molecular complexity index is 915. The second-order valence-corrected chi connectivity index (χ2v) is 6.21. The normalized spacial score (nSPS) is 10.9. The van der Waals surface area contributed by atoms with E-state index in [9.17, 15) is 10.1 Å². The van der Waals surface area contributed by atoms with Crippen molar-refractivity contribution in [3.63, 3.8) is 0 Å². The molecule has 0 radical (unpaired) electrons. The quantitative estimate of drug-likeness (QED) is 0.308. The minimum absolute atomic E-state index is 0.158. The van der Waals surface area contributed by atoms with Crippen molar-refractivity contribution in [1.82, 2.24) is 4.98 Å². The van der Waals surface area contributed by atoms with Gasteiger partial charge < -0.3 is 0 Å². The highest BCUT2D eigenvalue weighted by Gasteiger charge is 2.26. The number of halogens is 3. The number of nitrogens with zero attached hydrogens (tertiary/aromatic N) is 2. The summed E-state index contributed by atoms with van der Waals surface area (Å²) >= 11 is 15.6. The van der Waals surface area contributed by atoms with Crippen LogP contribution in [-0.4, -0.2) is 9.91 Å². The van der Waals surface area contributed by atoms with E-state index in [0.29, 0.717) is 27.1 Å². The fraction of sp³-hybridized carbons (Fsp3) is 0. The van der Waals surface area contributed by atoms with Gasteiger partial charge in [-0.2, -0.15) is 0 Å². The maximum Gasteiger partial charge on any atom is 0.314 e. The predicted molar refractivity (Wildman–Crippen MR) is 91.6 cm³/mol. The average Bonchev–Trinajstić information content (AvgIpc) is 2.47. The van der Waals surface area contributed by atoms with E-state index < -0.39 is 4.92 Å². The molecule has 22 heavy (non-hydrogen) atoms. The topological polar surface area (TPSA) is 56.0 Å². The lowest BCUT2D eigenvalue weighted by Crippen LogP contribution is -1.97. The molecular weight excluding hydrogens is 391 g/mol. The number of fused-ring (bicyclic) bond motifs is 1. The van der Waals surface area contributed by atoms with E-state index in [-0.39, 0.29) is 10.8 Å². The molecule has 1 heterocycles. The van der Waals surface area contributed by atoms with E-state index in [1.165, 1.54) is 0 Å². The molecule has 3 rings (SSSR count). The lowest BCUT2D eigenvalue weighted by molar-refractivity contribution is -0.384. The van der Waals surface area contributed by atoms with Crippen molar-refractivity contribution in [3.8, 4) is 11.1 Å². The highest BCUT2D eigenvalue weighted by atomic mass is 79.9. The fourth-order valence-corrected chi connectivity index (χ4v) is 3.14. The summed E-state index contributed by atoms with van der Waals surface area (Å²) in [6, 6.07) is 12.2. The Morgan fingerprint density at radius 3 is 2.55 bits per heavy atom. The second kappa shape index (κ2) is 5.83. The van der Waals surface area contributed by atoms with Gasteiger partial charge in [0.1, 0.15) is 0 Å². The molecule has 0 saturated heterocycles. The van der Waals surface area contributed by atoms with Crippen LogP contribution in [0.4, 0.5) is 5.69 Å². The van der Waals surface area contributed by atoms with Crippen LogP contribution in [0.2, 0.25) is 10.2 Å². The Labute approximate surface area is 144 Å². The molecule has 0 atom stereocenters. The first-order chi connectivity index (χ1) is 10.5. The Hall–Kier alpha value is -1.69. The SMILES string of the molecule is O=[N+]([O-])c1c(Cl)nc2ccc(Br)cc2c1-c1ccccc1Cl. The molecule has 0 saturated carbocycles. The molecular formula is C15H7BrCl2N2O2. The van der Waals surface area contributed by atoms with E-state index in [0.717, 1.165) is 4.47 Å². The molecule has 0 N–H and O–H groups in total. The lowest BCUT2D eigenvalue weighted by Gasteiger charge is -2.10. The summed E-state index contributed by atoms with van der Waals surface area (Å²) < 4.78 is 0.784. The Balaban J connectivity index is 2.53. The van der Waals surface area contributed by atoms with Gasteiger partial charge >= 0.3 is 5.69 Å². The first kappa shape index (κ1) is 15.2. The van der Waals surface area contributed by atoms with Gasteiger partial charge in [-0.25, -0.2) is 4.98 Å². The summed E-state index contributed by atoms with van der Waals surface area (Å²) in [7, 11) is 0. The Morgan fingerprint density at radius 2 is 1.86 bits per heavy atom. The maximum absolute atomic E-state index is 11.5. The summed E-state index contributed by atoms with van der Waals surface area (Å²) in [5.41, 5.74) is 1.23. The highest BCUT2D eigenvalue weighted by Crippen LogP contribution is 2.43. The first-order valence-corrected chi connectivity index (χ1v) is 7.72. The zero-order chi connectivity index (χ0) is 15.9. The monoisotopic (exact) mass is 396 g/mol. The Kier molecular flexibility index (Phi) is 4.04. The standard InChI is InChI=1S/C15H7BrCl2N2O2/c16-8-5-6-12-10(7-8)13(9-3-1-2-4-11(9)17)14(20(21)22)15(18)19-12/h1-7H. The summed E-state index contributed by atoms with van der Waals surface area (Å²) in [4.78, 5) is 15.1. The number of nitro groups is 1. The summed E-state index contributed by atoms with van der Waals surface area (Å²) in [5, 5.41) is 12.3. The minimum Gasteiger partial charge on any atom is -0.258 e. The molecule has 0 amide bonds. The van der Waals surface area contributed by atoms with Crippen LogP contribution in [0.25, 0.3) is 22.0 Å². The van der Waals surface area contributed by atoms with Crippen LogP contribution >= 0.6 is 39.1 Å². The van der Waals surface area contributed by atoms with E-state index in [1.807, 2.05) is 0 Å². The van der Waals surface area contributed by atoms with E-state index in [2.05, 4.69) is 20.9 Å². The van der Waals surface area contributed by atoms with Crippen molar-refractivity contribution in [3.05, 3.63) is 67.2 Å². The molecule has 0 aliphatic heterocycles. The molecule has 2 aromatic carbocycles. The van der Waals surface area contributed by atoms with Gasteiger partial charge in [-0.05, 0) is 24.3 Å². The predicted octanol–water partition coefficient (Wildman–Crippen LogP) is 5.88.